The molecule has 1 N–H and O–H groups in total. The monoisotopic (exact) mass is 264 g/mol. The summed E-state index contributed by atoms with van der Waals surface area (Å²) in [5.41, 5.74) is 2.31. The standard InChI is InChI=1S/C12H16N4OS/c1-12(2,3)16-5-4-13-10(11(16)17)14-6-9-7-18-8-15-9/h4-5,7-8H,6H2,1-3H3,(H,13,14). The van der Waals surface area contributed by atoms with Gasteiger partial charge in [-0.25, -0.2) is 9.97 Å². The van der Waals surface area contributed by atoms with E-state index in [1.54, 1.807) is 22.5 Å². The molecule has 0 aromatic carbocycles. The van der Waals surface area contributed by atoms with E-state index in [1.807, 2.05) is 26.2 Å². The summed E-state index contributed by atoms with van der Waals surface area (Å²) < 4.78 is 1.67. The molecule has 6 heteroatoms. The van der Waals surface area contributed by atoms with Crippen LogP contribution in [0.4, 0.5) is 5.82 Å². The van der Waals surface area contributed by atoms with Gasteiger partial charge in [0.05, 0.1) is 17.7 Å². The number of nitrogens with one attached hydrogen (secondary N) is 1. The van der Waals surface area contributed by atoms with Crippen LogP contribution in [-0.2, 0) is 12.1 Å². The molecule has 2 heterocycles. The number of anilines is 1. The summed E-state index contributed by atoms with van der Waals surface area (Å²) in [6.07, 6.45) is 3.34. The highest BCUT2D eigenvalue weighted by atomic mass is 32.1. The maximum Gasteiger partial charge on any atom is 0.293 e. The highest BCUT2D eigenvalue weighted by Gasteiger charge is 2.16. The van der Waals surface area contributed by atoms with Crippen LogP contribution < -0.4 is 10.9 Å². The maximum absolute atomic E-state index is 12.2. The summed E-state index contributed by atoms with van der Waals surface area (Å²) in [5, 5.41) is 4.97. The number of hydrogen-bond donors (Lipinski definition) is 1. The average molecular weight is 264 g/mol. The summed E-state index contributed by atoms with van der Waals surface area (Å²) in [6, 6.07) is 0. The highest BCUT2D eigenvalue weighted by Crippen LogP contribution is 2.11. The van der Waals surface area contributed by atoms with Crippen molar-refractivity contribution in [3.63, 3.8) is 0 Å². The van der Waals surface area contributed by atoms with Crippen molar-refractivity contribution >= 4 is 17.2 Å². The predicted molar refractivity (Wildman–Crippen MR) is 72.9 cm³/mol. The topological polar surface area (TPSA) is 59.8 Å². The Kier molecular flexibility index (Phi) is 3.47. The van der Waals surface area contributed by atoms with Gasteiger partial charge in [-0.1, -0.05) is 0 Å². The van der Waals surface area contributed by atoms with Gasteiger partial charge in [-0.3, -0.25) is 4.79 Å². The molecule has 0 aliphatic rings. The zero-order valence-corrected chi connectivity index (χ0v) is 11.5. The van der Waals surface area contributed by atoms with E-state index in [0.717, 1.165) is 5.69 Å². The van der Waals surface area contributed by atoms with Crippen LogP contribution in [0.15, 0.2) is 28.1 Å². The summed E-state index contributed by atoms with van der Waals surface area (Å²) in [7, 11) is 0. The van der Waals surface area contributed by atoms with Crippen molar-refractivity contribution in [3.8, 4) is 0 Å². The van der Waals surface area contributed by atoms with Gasteiger partial charge in [-0.2, -0.15) is 0 Å². The van der Waals surface area contributed by atoms with Crippen LogP contribution in [0.2, 0.25) is 0 Å². The predicted octanol–water partition coefficient (Wildman–Crippen LogP) is 2.07. The molecule has 0 aliphatic carbocycles. The van der Waals surface area contributed by atoms with Crippen LogP contribution in [0.1, 0.15) is 26.5 Å². The normalized spacial score (nSPS) is 11.5. The Balaban J connectivity index is 2.22. The van der Waals surface area contributed by atoms with Gasteiger partial charge in [0.2, 0.25) is 0 Å². The van der Waals surface area contributed by atoms with Crippen molar-refractivity contribution < 1.29 is 0 Å². The quantitative estimate of drug-likeness (QED) is 0.922. The Morgan fingerprint density at radius 2 is 2.17 bits per heavy atom. The van der Waals surface area contributed by atoms with Gasteiger partial charge < -0.3 is 9.88 Å². The Hall–Kier alpha value is -1.69. The molecule has 0 atom stereocenters. The molecule has 0 radical (unpaired) electrons. The summed E-state index contributed by atoms with van der Waals surface area (Å²) in [6.45, 7) is 6.47. The number of aromatic nitrogens is 3. The molecule has 5 nitrogen and oxygen atoms in total. The molecule has 0 unspecified atom stereocenters. The van der Waals surface area contributed by atoms with Gasteiger partial charge >= 0.3 is 0 Å². The lowest BCUT2D eigenvalue weighted by atomic mass is 10.1. The molecule has 0 saturated carbocycles. The molecule has 0 spiro atoms. The van der Waals surface area contributed by atoms with Crippen molar-refractivity contribution in [1.82, 2.24) is 14.5 Å². The molecule has 18 heavy (non-hydrogen) atoms. The SMILES string of the molecule is CC(C)(C)n1ccnc(NCc2cscn2)c1=O. The van der Waals surface area contributed by atoms with Crippen molar-refractivity contribution in [2.45, 2.75) is 32.9 Å². The largest absolute Gasteiger partial charge is 0.360 e. The zero-order chi connectivity index (χ0) is 13.2. The average Bonchev–Trinajstić information content (AvgIpc) is 2.79. The van der Waals surface area contributed by atoms with Gasteiger partial charge in [-0.15, -0.1) is 11.3 Å². The maximum atomic E-state index is 12.2. The second kappa shape index (κ2) is 4.89. The minimum Gasteiger partial charge on any atom is -0.360 e. The van der Waals surface area contributed by atoms with Gasteiger partial charge in [0.1, 0.15) is 0 Å². The lowest BCUT2D eigenvalue weighted by Crippen LogP contribution is -2.35. The molecular formula is C12H16N4OS. The molecule has 0 amide bonds. The van der Waals surface area contributed by atoms with Crippen LogP contribution in [0.5, 0.6) is 0 Å². The van der Waals surface area contributed by atoms with Gasteiger partial charge in [0, 0.05) is 23.3 Å². The highest BCUT2D eigenvalue weighted by molar-refractivity contribution is 7.07. The first-order chi connectivity index (χ1) is 8.48. The molecule has 0 fully saturated rings. The van der Waals surface area contributed by atoms with Gasteiger partial charge in [0.15, 0.2) is 5.82 Å². The zero-order valence-electron chi connectivity index (χ0n) is 10.7. The molecule has 0 saturated heterocycles. The summed E-state index contributed by atoms with van der Waals surface area (Å²) in [5.74, 6) is 0.362. The fourth-order valence-electron chi connectivity index (χ4n) is 1.56. The van der Waals surface area contributed by atoms with E-state index in [1.165, 1.54) is 11.3 Å². The third kappa shape index (κ3) is 2.76. The number of hydrogen-bond acceptors (Lipinski definition) is 5. The fraction of sp³-hybridized carbons (Fsp3) is 0.417. The Bertz CT molecular complexity index is 569. The minimum atomic E-state index is -0.253. The molecule has 0 bridgehead atoms. The number of thiazole rings is 1. The van der Waals surface area contributed by atoms with Crippen LogP contribution >= 0.6 is 11.3 Å². The lowest BCUT2D eigenvalue weighted by molar-refractivity contribution is 0.383. The number of rotatable bonds is 3. The van der Waals surface area contributed by atoms with Crippen LogP contribution in [-0.4, -0.2) is 14.5 Å². The van der Waals surface area contributed by atoms with Crippen molar-refractivity contribution in [2.75, 3.05) is 5.32 Å². The molecule has 2 aromatic heterocycles. The molecular weight excluding hydrogens is 248 g/mol. The third-order valence-electron chi connectivity index (χ3n) is 2.48. The van der Waals surface area contributed by atoms with E-state index in [4.69, 9.17) is 0 Å². The Morgan fingerprint density at radius 1 is 1.39 bits per heavy atom. The first kappa shape index (κ1) is 12.8. The van der Waals surface area contributed by atoms with Crippen LogP contribution in [0, 0.1) is 0 Å². The number of nitrogens with zero attached hydrogens (tertiary/aromatic N) is 3. The van der Waals surface area contributed by atoms with Crippen molar-refractivity contribution in [1.29, 1.82) is 0 Å². The summed E-state index contributed by atoms with van der Waals surface area (Å²) in [4.78, 5) is 20.4. The van der Waals surface area contributed by atoms with E-state index in [-0.39, 0.29) is 11.1 Å². The second-order valence-electron chi connectivity index (χ2n) is 4.96. The van der Waals surface area contributed by atoms with E-state index < -0.39 is 0 Å². The van der Waals surface area contributed by atoms with Gasteiger partial charge in [-0.05, 0) is 20.8 Å². The summed E-state index contributed by atoms with van der Waals surface area (Å²) >= 11 is 1.53. The molecule has 2 rings (SSSR count). The minimum absolute atomic E-state index is 0.111. The Morgan fingerprint density at radius 3 is 2.78 bits per heavy atom. The van der Waals surface area contributed by atoms with Gasteiger partial charge in [0.25, 0.3) is 5.56 Å². The van der Waals surface area contributed by atoms with E-state index in [0.29, 0.717) is 12.4 Å². The third-order valence-corrected chi connectivity index (χ3v) is 3.12. The van der Waals surface area contributed by atoms with E-state index >= 15 is 0 Å². The first-order valence-electron chi connectivity index (χ1n) is 5.67. The van der Waals surface area contributed by atoms with E-state index in [2.05, 4.69) is 15.3 Å². The molecule has 2 aromatic rings. The molecule has 0 aliphatic heterocycles. The van der Waals surface area contributed by atoms with Crippen molar-refractivity contribution in [3.05, 3.63) is 39.3 Å². The van der Waals surface area contributed by atoms with E-state index in [9.17, 15) is 4.79 Å². The van der Waals surface area contributed by atoms with Crippen molar-refractivity contribution in [2.24, 2.45) is 0 Å². The fourth-order valence-corrected chi connectivity index (χ4v) is 2.12. The first-order valence-corrected chi connectivity index (χ1v) is 6.62. The second-order valence-corrected chi connectivity index (χ2v) is 5.67. The molecule has 96 valence electrons. The Labute approximate surface area is 110 Å². The van der Waals surface area contributed by atoms with Crippen LogP contribution in [0.25, 0.3) is 0 Å². The lowest BCUT2D eigenvalue weighted by Gasteiger charge is -2.22. The smallest absolute Gasteiger partial charge is 0.293 e. The van der Waals surface area contributed by atoms with Crippen LogP contribution in [0.3, 0.4) is 0 Å².